The third-order valence-electron chi connectivity index (χ3n) is 4.52. The first kappa shape index (κ1) is 16.3. The van der Waals surface area contributed by atoms with Gasteiger partial charge in [-0.05, 0) is 30.9 Å². The van der Waals surface area contributed by atoms with E-state index < -0.39 is 10.0 Å². The summed E-state index contributed by atoms with van der Waals surface area (Å²) in [6.45, 7) is 1.33. The minimum absolute atomic E-state index is 0.00249. The number of nitrogens with zero attached hydrogens (tertiary/aromatic N) is 1. The van der Waals surface area contributed by atoms with E-state index in [0.717, 1.165) is 11.3 Å². The molecule has 1 aromatic carbocycles. The number of nitrogens with one attached hydrogen (secondary N) is 1. The molecule has 6 nitrogen and oxygen atoms in total. The maximum atomic E-state index is 12.4. The molecule has 2 aliphatic heterocycles. The average molecular weight is 338 g/mol. The van der Waals surface area contributed by atoms with Crippen molar-refractivity contribution in [3.05, 3.63) is 29.8 Å². The first-order valence-electron chi connectivity index (χ1n) is 7.89. The van der Waals surface area contributed by atoms with E-state index in [0.29, 0.717) is 39.0 Å². The summed E-state index contributed by atoms with van der Waals surface area (Å²) in [7, 11) is -3.13. The topological polar surface area (TPSA) is 75.7 Å². The molecular formula is C16H22N2O4S. The zero-order valence-electron chi connectivity index (χ0n) is 13.2. The molecule has 7 heteroatoms. The number of para-hydroxylation sites is 1. The van der Waals surface area contributed by atoms with Gasteiger partial charge in [-0.1, -0.05) is 18.2 Å². The van der Waals surface area contributed by atoms with Crippen LogP contribution in [0.4, 0.5) is 0 Å². The number of benzene rings is 1. The van der Waals surface area contributed by atoms with Crippen LogP contribution in [0.5, 0.6) is 5.75 Å². The average Bonchev–Trinajstić information content (AvgIpc) is 2.54. The molecule has 0 aliphatic carbocycles. The van der Waals surface area contributed by atoms with Gasteiger partial charge in [0.1, 0.15) is 12.4 Å². The zero-order chi connectivity index (χ0) is 16.4. The van der Waals surface area contributed by atoms with Gasteiger partial charge in [-0.3, -0.25) is 4.79 Å². The minimum Gasteiger partial charge on any atom is -0.492 e. The van der Waals surface area contributed by atoms with Gasteiger partial charge < -0.3 is 10.1 Å². The Hall–Kier alpha value is -1.60. The third-order valence-corrected chi connectivity index (χ3v) is 5.82. The lowest BCUT2D eigenvalue weighted by molar-refractivity contribution is -0.127. The fourth-order valence-electron chi connectivity index (χ4n) is 3.15. The van der Waals surface area contributed by atoms with Crippen LogP contribution in [0.15, 0.2) is 24.3 Å². The van der Waals surface area contributed by atoms with Gasteiger partial charge in [0.05, 0.1) is 12.2 Å². The predicted octanol–water partition coefficient (Wildman–Crippen LogP) is 0.778. The highest BCUT2D eigenvalue weighted by atomic mass is 32.2. The molecule has 0 unspecified atom stereocenters. The predicted molar refractivity (Wildman–Crippen MR) is 86.7 cm³/mol. The number of hydrogen-bond acceptors (Lipinski definition) is 4. The molecule has 1 amide bonds. The van der Waals surface area contributed by atoms with E-state index in [1.807, 2.05) is 24.3 Å². The van der Waals surface area contributed by atoms with Crippen LogP contribution in [0, 0.1) is 5.92 Å². The maximum Gasteiger partial charge on any atom is 0.227 e. The summed E-state index contributed by atoms with van der Waals surface area (Å²) in [5.41, 5.74) is 1.06. The van der Waals surface area contributed by atoms with Crippen molar-refractivity contribution in [2.45, 2.75) is 25.3 Å². The van der Waals surface area contributed by atoms with Crippen LogP contribution in [-0.4, -0.2) is 50.6 Å². The monoisotopic (exact) mass is 338 g/mol. The molecule has 1 atom stereocenters. The van der Waals surface area contributed by atoms with Gasteiger partial charge in [0.15, 0.2) is 0 Å². The number of carbonyl (C=O) groups is 1. The van der Waals surface area contributed by atoms with E-state index >= 15 is 0 Å². The third kappa shape index (κ3) is 3.84. The van der Waals surface area contributed by atoms with Crippen molar-refractivity contribution in [1.82, 2.24) is 9.62 Å². The smallest absolute Gasteiger partial charge is 0.227 e. The summed E-state index contributed by atoms with van der Waals surface area (Å²) in [6, 6.07) is 7.82. The van der Waals surface area contributed by atoms with E-state index in [9.17, 15) is 13.2 Å². The molecule has 0 bridgehead atoms. The first-order chi connectivity index (χ1) is 10.9. The van der Waals surface area contributed by atoms with Gasteiger partial charge in [0.25, 0.3) is 0 Å². The maximum absolute atomic E-state index is 12.4. The van der Waals surface area contributed by atoms with Gasteiger partial charge in [-0.25, -0.2) is 12.7 Å². The Morgan fingerprint density at radius 3 is 2.65 bits per heavy atom. The molecule has 0 spiro atoms. The molecule has 1 N–H and O–H groups in total. The summed E-state index contributed by atoms with van der Waals surface area (Å²) >= 11 is 0. The van der Waals surface area contributed by atoms with Crippen molar-refractivity contribution >= 4 is 15.9 Å². The molecule has 3 rings (SSSR count). The molecule has 0 aromatic heterocycles. The second-order valence-electron chi connectivity index (χ2n) is 6.26. The van der Waals surface area contributed by atoms with Crippen molar-refractivity contribution in [2.75, 3.05) is 26.0 Å². The number of sulfonamides is 1. The highest BCUT2D eigenvalue weighted by Crippen LogP contribution is 2.27. The molecular weight excluding hydrogens is 316 g/mol. The Bertz CT molecular complexity index is 681. The lowest BCUT2D eigenvalue weighted by atomic mass is 9.95. The van der Waals surface area contributed by atoms with Crippen LogP contribution < -0.4 is 10.1 Å². The van der Waals surface area contributed by atoms with Crippen LogP contribution in [0.1, 0.15) is 18.4 Å². The summed E-state index contributed by atoms with van der Waals surface area (Å²) in [4.78, 5) is 12.4. The van der Waals surface area contributed by atoms with Crippen molar-refractivity contribution < 1.29 is 17.9 Å². The lowest BCUT2D eigenvalue weighted by Gasteiger charge is -2.32. The number of fused-ring (bicyclic) bond motifs is 1. The van der Waals surface area contributed by atoms with Crippen LogP contribution in [0.3, 0.4) is 0 Å². The fourth-order valence-corrected chi connectivity index (χ4v) is 4.02. The Labute approximate surface area is 136 Å². The van der Waals surface area contributed by atoms with Crippen molar-refractivity contribution in [2.24, 2.45) is 5.92 Å². The number of carbonyl (C=O) groups excluding carboxylic acids is 1. The second kappa shape index (κ2) is 6.49. The van der Waals surface area contributed by atoms with Crippen molar-refractivity contribution in [3.63, 3.8) is 0 Å². The molecule has 1 saturated heterocycles. The molecule has 2 aliphatic rings. The number of piperidine rings is 1. The number of hydrogen-bond donors (Lipinski definition) is 1. The molecule has 126 valence electrons. The largest absolute Gasteiger partial charge is 0.492 e. The van der Waals surface area contributed by atoms with E-state index in [1.54, 1.807) is 0 Å². The molecule has 1 fully saturated rings. The SMILES string of the molecule is CS(=O)(=O)N1CCC(NC(=O)[C@@H]2COc3ccccc3C2)CC1. The molecule has 1 aromatic rings. The van der Waals surface area contributed by atoms with Crippen molar-refractivity contribution in [3.8, 4) is 5.75 Å². The first-order valence-corrected chi connectivity index (χ1v) is 9.74. The normalized spacial score (nSPS) is 22.9. The standard InChI is InChI=1S/C16H22N2O4S/c1-23(20,21)18-8-6-14(7-9-18)17-16(19)13-10-12-4-2-3-5-15(12)22-11-13/h2-5,13-14H,6-11H2,1H3,(H,17,19)/t13-/m0/s1. The second-order valence-corrected chi connectivity index (χ2v) is 8.25. The number of rotatable bonds is 3. The Kier molecular flexibility index (Phi) is 4.59. The lowest BCUT2D eigenvalue weighted by Crippen LogP contribution is -2.48. The highest BCUT2D eigenvalue weighted by molar-refractivity contribution is 7.88. The van der Waals surface area contributed by atoms with Crippen LogP contribution >= 0.6 is 0 Å². The van der Waals surface area contributed by atoms with Crippen molar-refractivity contribution in [1.29, 1.82) is 0 Å². The molecule has 0 saturated carbocycles. The quantitative estimate of drug-likeness (QED) is 0.884. The zero-order valence-corrected chi connectivity index (χ0v) is 14.0. The summed E-state index contributed by atoms with van der Waals surface area (Å²) < 4.78 is 30.1. The van der Waals surface area contributed by atoms with E-state index in [1.165, 1.54) is 10.6 Å². The Morgan fingerprint density at radius 1 is 1.26 bits per heavy atom. The number of amides is 1. The molecule has 23 heavy (non-hydrogen) atoms. The van der Waals surface area contributed by atoms with Gasteiger partial charge in [-0.2, -0.15) is 0 Å². The van der Waals surface area contributed by atoms with E-state index in [2.05, 4.69) is 5.32 Å². The summed E-state index contributed by atoms with van der Waals surface area (Å²) in [5.74, 6) is 0.674. The molecule has 2 heterocycles. The van der Waals surface area contributed by atoms with E-state index in [4.69, 9.17) is 4.74 Å². The Balaban J connectivity index is 1.53. The molecule has 0 radical (unpaired) electrons. The highest BCUT2D eigenvalue weighted by Gasteiger charge is 2.30. The minimum atomic E-state index is -3.13. The van der Waals surface area contributed by atoms with Gasteiger partial charge in [-0.15, -0.1) is 0 Å². The fraction of sp³-hybridized carbons (Fsp3) is 0.562. The van der Waals surface area contributed by atoms with Gasteiger partial charge in [0.2, 0.25) is 15.9 Å². The summed E-state index contributed by atoms with van der Waals surface area (Å²) in [5, 5.41) is 3.05. The van der Waals surface area contributed by atoms with E-state index in [-0.39, 0.29) is 17.9 Å². The van der Waals surface area contributed by atoms with Gasteiger partial charge in [0, 0.05) is 19.1 Å². The van der Waals surface area contributed by atoms with Crippen LogP contribution in [0.2, 0.25) is 0 Å². The van der Waals surface area contributed by atoms with Crippen LogP contribution in [-0.2, 0) is 21.2 Å². The summed E-state index contributed by atoms with van der Waals surface area (Å²) in [6.07, 6.45) is 3.22. The van der Waals surface area contributed by atoms with Crippen LogP contribution in [0.25, 0.3) is 0 Å². The van der Waals surface area contributed by atoms with Gasteiger partial charge >= 0.3 is 0 Å². The number of ether oxygens (including phenoxy) is 1. The Morgan fingerprint density at radius 2 is 1.96 bits per heavy atom.